The van der Waals surface area contributed by atoms with Gasteiger partial charge in [-0.1, -0.05) is 6.42 Å². The molecule has 0 heterocycles. The zero-order valence-corrected chi connectivity index (χ0v) is 7.35. The van der Waals surface area contributed by atoms with E-state index in [9.17, 15) is 4.79 Å². The Balaban J connectivity index is 2.43. The predicted molar refractivity (Wildman–Crippen MR) is 46.5 cm³/mol. The van der Waals surface area contributed by atoms with Gasteiger partial charge < -0.3 is 4.74 Å². The summed E-state index contributed by atoms with van der Waals surface area (Å²) >= 11 is 0. The summed E-state index contributed by atoms with van der Waals surface area (Å²) in [6, 6.07) is 0. The van der Waals surface area contributed by atoms with Crippen LogP contribution in [0.15, 0.2) is 0 Å². The Kier molecular flexibility index (Phi) is 2.58. The Bertz CT molecular complexity index is 150. The molecule has 11 heavy (non-hydrogen) atoms. The number of rotatable bonds is 1. The first-order valence-electron chi connectivity index (χ1n) is 4.32. The lowest BCUT2D eigenvalue weighted by Gasteiger charge is -2.32. The van der Waals surface area contributed by atoms with Crippen LogP contribution in [0.25, 0.3) is 0 Å². The Morgan fingerprint density at radius 2 is 1.91 bits per heavy atom. The molecule has 0 saturated heterocycles. The molecule has 0 aliphatic heterocycles. The minimum Gasteiger partial charge on any atom is -0.468 e. The third kappa shape index (κ3) is 2.56. The highest BCUT2D eigenvalue weighted by molar-refractivity contribution is 6.55. The van der Waals surface area contributed by atoms with Crippen LogP contribution in [0.3, 0.4) is 0 Å². The summed E-state index contributed by atoms with van der Waals surface area (Å²) in [7, 11) is 1.49. The number of carbonyl (C=O) groups is 1. The molecule has 1 rings (SSSR count). The van der Waals surface area contributed by atoms with Gasteiger partial charge in [0.05, 0.1) is 0 Å². The van der Waals surface area contributed by atoms with E-state index in [1.165, 1.54) is 27.1 Å². The van der Waals surface area contributed by atoms with E-state index in [0.29, 0.717) is 0 Å². The molecule has 0 amide bonds. The van der Waals surface area contributed by atoms with Gasteiger partial charge in [0.2, 0.25) is 13.7 Å². The summed E-state index contributed by atoms with van der Waals surface area (Å²) < 4.78 is 5.24. The van der Waals surface area contributed by atoms with Crippen LogP contribution < -0.4 is 0 Å². The molecular formula is C8H15BO2. The molecule has 0 aromatic carbocycles. The summed E-state index contributed by atoms with van der Waals surface area (Å²) in [6.45, 7) is 2.04. The third-order valence-electron chi connectivity index (χ3n) is 2.30. The smallest absolute Gasteiger partial charge is 0.243 e. The maximum Gasteiger partial charge on any atom is 0.243 e. The molecule has 1 fully saturated rings. The minimum absolute atomic E-state index is 0.144. The van der Waals surface area contributed by atoms with E-state index in [-0.39, 0.29) is 11.5 Å². The summed E-state index contributed by atoms with van der Waals surface area (Å²) in [5.41, 5.74) is -0.149. The first-order valence-corrected chi connectivity index (χ1v) is 4.32. The molecule has 3 heteroatoms. The lowest BCUT2D eigenvalue weighted by Crippen LogP contribution is -2.33. The van der Waals surface area contributed by atoms with Crippen molar-refractivity contribution in [3.05, 3.63) is 0 Å². The predicted octanol–water partition coefficient (Wildman–Crippen LogP) is 1.48. The molecule has 0 atom stereocenters. The highest BCUT2D eigenvalue weighted by Crippen LogP contribution is 2.30. The van der Waals surface area contributed by atoms with Crippen molar-refractivity contribution in [2.45, 2.75) is 44.6 Å². The SMILES string of the molecule is BC(=O)OC1(C)CCCCC1. The van der Waals surface area contributed by atoms with Crippen molar-refractivity contribution in [3.8, 4) is 0 Å². The molecular weight excluding hydrogens is 139 g/mol. The molecule has 0 radical (unpaired) electrons. The normalized spacial score (nSPS) is 22.6. The highest BCUT2D eigenvalue weighted by atomic mass is 16.5. The first-order chi connectivity index (χ1) is 5.12. The van der Waals surface area contributed by atoms with Crippen LogP contribution >= 0.6 is 0 Å². The van der Waals surface area contributed by atoms with E-state index in [0.717, 1.165) is 12.8 Å². The average Bonchev–Trinajstić information content (AvgIpc) is 1.85. The van der Waals surface area contributed by atoms with Crippen LogP contribution in [0.5, 0.6) is 0 Å². The van der Waals surface area contributed by atoms with Gasteiger partial charge in [0, 0.05) is 0 Å². The third-order valence-corrected chi connectivity index (χ3v) is 2.30. The molecule has 0 bridgehead atoms. The standard InChI is InChI=1S/C8H15BO2/c1-8(11-7(9)10)5-3-2-4-6-8/h2-6,9H2,1H3. The molecule has 0 aromatic rings. The van der Waals surface area contributed by atoms with Gasteiger partial charge in [-0.15, -0.1) is 0 Å². The molecule has 1 aliphatic rings. The highest BCUT2D eigenvalue weighted by Gasteiger charge is 2.29. The Morgan fingerprint density at radius 3 is 2.36 bits per heavy atom. The van der Waals surface area contributed by atoms with Gasteiger partial charge in [0.1, 0.15) is 5.60 Å². The number of hydrogen-bond acceptors (Lipinski definition) is 2. The van der Waals surface area contributed by atoms with E-state index in [1.807, 2.05) is 6.92 Å². The first kappa shape index (κ1) is 8.63. The fraction of sp³-hybridized carbons (Fsp3) is 0.875. The molecule has 62 valence electrons. The van der Waals surface area contributed by atoms with Crippen LogP contribution in [0.1, 0.15) is 39.0 Å². The zero-order valence-electron chi connectivity index (χ0n) is 7.35. The van der Waals surface area contributed by atoms with Crippen molar-refractivity contribution < 1.29 is 9.53 Å². The molecule has 2 nitrogen and oxygen atoms in total. The summed E-state index contributed by atoms with van der Waals surface area (Å²) in [5.74, 6) is -0.144. The second kappa shape index (κ2) is 3.29. The van der Waals surface area contributed by atoms with Gasteiger partial charge in [-0.05, 0) is 32.6 Å². The molecule has 0 unspecified atom stereocenters. The van der Waals surface area contributed by atoms with Crippen molar-refractivity contribution in [3.63, 3.8) is 0 Å². The monoisotopic (exact) mass is 154 g/mol. The fourth-order valence-corrected chi connectivity index (χ4v) is 1.75. The lowest BCUT2D eigenvalue weighted by atomic mass is 9.86. The van der Waals surface area contributed by atoms with Crippen LogP contribution in [0, 0.1) is 0 Å². The van der Waals surface area contributed by atoms with Crippen molar-refractivity contribution in [2.24, 2.45) is 0 Å². The van der Waals surface area contributed by atoms with Gasteiger partial charge in [-0.2, -0.15) is 0 Å². The average molecular weight is 154 g/mol. The van der Waals surface area contributed by atoms with Gasteiger partial charge in [0.15, 0.2) is 0 Å². The second-order valence-electron chi connectivity index (χ2n) is 3.60. The minimum atomic E-state index is -0.149. The Morgan fingerprint density at radius 1 is 1.36 bits per heavy atom. The van der Waals surface area contributed by atoms with Crippen molar-refractivity contribution in [2.75, 3.05) is 0 Å². The molecule has 0 N–H and O–H groups in total. The van der Waals surface area contributed by atoms with E-state index in [2.05, 4.69) is 0 Å². The topological polar surface area (TPSA) is 26.3 Å². The van der Waals surface area contributed by atoms with Gasteiger partial charge in [-0.25, -0.2) is 0 Å². The van der Waals surface area contributed by atoms with E-state index in [1.54, 1.807) is 0 Å². The Labute approximate surface area is 68.7 Å². The van der Waals surface area contributed by atoms with E-state index in [4.69, 9.17) is 4.74 Å². The zero-order chi connectivity index (χ0) is 8.32. The van der Waals surface area contributed by atoms with Crippen molar-refractivity contribution >= 4 is 13.7 Å². The van der Waals surface area contributed by atoms with Crippen LogP contribution in [-0.4, -0.2) is 19.3 Å². The maximum atomic E-state index is 10.7. The van der Waals surface area contributed by atoms with E-state index >= 15 is 0 Å². The molecule has 1 aliphatic carbocycles. The van der Waals surface area contributed by atoms with Crippen molar-refractivity contribution in [1.29, 1.82) is 0 Å². The molecule has 1 saturated carbocycles. The van der Waals surface area contributed by atoms with Crippen molar-refractivity contribution in [1.82, 2.24) is 0 Å². The Hall–Kier alpha value is -0.465. The van der Waals surface area contributed by atoms with Gasteiger partial charge in [0.25, 0.3) is 0 Å². The van der Waals surface area contributed by atoms with Crippen LogP contribution in [0.2, 0.25) is 0 Å². The van der Waals surface area contributed by atoms with Gasteiger partial charge >= 0.3 is 0 Å². The maximum absolute atomic E-state index is 10.7. The van der Waals surface area contributed by atoms with Gasteiger partial charge in [-0.3, -0.25) is 4.79 Å². The van der Waals surface area contributed by atoms with E-state index < -0.39 is 0 Å². The lowest BCUT2D eigenvalue weighted by molar-refractivity contribution is 0.0120. The molecule has 0 spiro atoms. The van der Waals surface area contributed by atoms with Crippen LogP contribution in [-0.2, 0) is 4.74 Å². The largest absolute Gasteiger partial charge is 0.468 e. The quantitative estimate of drug-likeness (QED) is 0.534. The number of hydrogen-bond donors (Lipinski definition) is 0. The summed E-state index contributed by atoms with van der Waals surface area (Å²) in [5, 5.41) is 0. The summed E-state index contributed by atoms with van der Waals surface area (Å²) in [6.07, 6.45) is 5.75. The number of carbonyl (C=O) groups excluding carboxylic acids is 1. The number of ether oxygens (including phenoxy) is 1. The van der Waals surface area contributed by atoms with Crippen LogP contribution in [0.4, 0.5) is 4.79 Å². The second-order valence-corrected chi connectivity index (χ2v) is 3.60. The fourth-order valence-electron chi connectivity index (χ4n) is 1.75. The summed E-state index contributed by atoms with van der Waals surface area (Å²) in [4.78, 5) is 10.7. The molecule has 0 aromatic heterocycles.